The highest BCUT2D eigenvalue weighted by Gasteiger charge is 2.10. The summed E-state index contributed by atoms with van der Waals surface area (Å²) in [6.07, 6.45) is 20.5. The Morgan fingerprint density at radius 2 is 1.22 bits per heavy atom. The molecule has 180 valence electrons. The summed E-state index contributed by atoms with van der Waals surface area (Å²) in [5, 5.41) is 1.96. The summed E-state index contributed by atoms with van der Waals surface area (Å²) < 4.78 is 27.3. The predicted octanol–water partition coefficient (Wildman–Crippen LogP) is 8.60. The van der Waals surface area contributed by atoms with Gasteiger partial charge in [0.05, 0.1) is 0 Å². The lowest BCUT2D eigenvalue weighted by Crippen LogP contribution is -2.00. The summed E-state index contributed by atoms with van der Waals surface area (Å²) in [6, 6.07) is 10.1. The monoisotopic (exact) mass is 459 g/mol. The fourth-order valence-corrected chi connectivity index (χ4v) is 4.84. The van der Waals surface area contributed by atoms with E-state index in [1.54, 1.807) is 6.07 Å². The van der Waals surface area contributed by atoms with Crippen molar-refractivity contribution >= 4 is 22.1 Å². The van der Waals surface area contributed by atoms with Crippen molar-refractivity contribution in [3.8, 4) is 5.75 Å². The highest BCUT2D eigenvalue weighted by atomic mass is 32.2. The zero-order valence-electron chi connectivity index (χ0n) is 20.3. The maximum atomic E-state index is 11.1. The number of unbranched alkanes of at least 4 members (excludes halogenated alkanes) is 12. The van der Waals surface area contributed by atoms with Gasteiger partial charge in [-0.3, -0.25) is 0 Å². The van der Waals surface area contributed by atoms with E-state index in [1.807, 2.05) is 6.07 Å². The van der Waals surface area contributed by atoms with Crippen molar-refractivity contribution in [1.82, 2.24) is 0 Å². The van der Waals surface area contributed by atoms with Crippen LogP contribution < -0.4 is 4.18 Å². The van der Waals surface area contributed by atoms with Gasteiger partial charge in [0.15, 0.2) is 0 Å². The van der Waals surface area contributed by atoms with Crippen LogP contribution in [0.3, 0.4) is 0 Å². The van der Waals surface area contributed by atoms with E-state index in [0.29, 0.717) is 5.75 Å². The van der Waals surface area contributed by atoms with Crippen molar-refractivity contribution in [2.45, 2.75) is 117 Å². The molecule has 0 fully saturated rings. The first-order valence-corrected chi connectivity index (χ1v) is 14.0. The number of benzene rings is 2. The predicted molar refractivity (Wildman–Crippen MR) is 137 cm³/mol. The number of hydrogen-bond donors (Lipinski definition) is 0. The second kappa shape index (κ2) is 16.3. The first-order chi connectivity index (χ1) is 15.7. The van der Waals surface area contributed by atoms with Gasteiger partial charge in [-0.25, -0.2) is 4.21 Å². The van der Waals surface area contributed by atoms with Gasteiger partial charge in [0, 0.05) is 5.39 Å². The summed E-state index contributed by atoms with van der Waals surface area (Å²) in [4.78, 5) is 0. The molecule has 0 N–H and O–H groups in total. The van der Waals surface area contributed by atoms with E-state index >= 15 is 0 Å². The smallest absolute Gasteiger partial charge is 0.147 e. The number of aryl methyl sites for hydroxylation is 2. The molecule has 0 aromatic heterocycles. The van der Waals surface area contributed by atoms with Crippen LogP contribution in [0.4, 0.5) is 0 Å². The van der Waals surface area contributed by atoms with Gasteiger partial charge >= 0.3 is 0 Å². The summed E-state index contributed by atoms with van der Waals surface area (Å²) in [5.41, 5.74) is 2.79. The van der Waals surface area contributed by atoms with Gasteiger partial charge in [0.2, 0.25) is 0 Å². The molecule has 0 spiro atoms. The van der Waals surface area contributed by atoms with Gasteiger partial charge in [0.25, 0.3) is 0 Å². The minimum absolute atomic E-state index is 0.430. The molecule has 0 radical (unpaired) electrons. The van der Waals surface area contributed by atoms with Crippen LogP contribution in [0, 0.1) is 0 Å². The Morgan fingerprint density at radius 1 is 0.719 bits per heavy atom. The summed E-state index contributed by atoms with van der Waals surface area (Å²) in [7, 11) is 0. The quantitative estimate of drug-likeness (QED) is 0.166. The zero-order valence-corrected chi connectivity index (χ0v) is 21.1. The van der Waals surface area contributed by atoms with Crippen molar-refractivity contribution in [2.75, 3.05) is 0 Å². The molecule has 0 bridgehead atoms. The van der Waals surface area contributed by atoms with Crippen LogP contribution in [-0.2, 0) is 24.2 Å². The first-order valence-electron chi connectivity index (χ1n) is 13.0. The Labute approximate surface area is 198 Å². The van der Waals surface area contributed by atoms with Gasteiger partial charge in [-0.05, 0) is 54.3 Å². The molecule has 0 aliphatic rings. The van der Waals surface area contributed by atoms with E-state index in [1.165, 1.54) is 101 Å². The molecule has 0 aliphatic carbocycles. The average Bonchev–Trinajstić information content (AvgIpc) is 2.78. The molecule has 0 heterocycles. The lowest BCUT2D eigenvalue weighted by Gasteiger charge is -2.15. The minimum Gasteiger partial charge on any atom is -0.740 e. The minimum atomic E-state index is -2.56. The molecule has 4 heteroatoms. The largest absolute Gasteiger partial charge is 0.740 e. The molecule has 0 saturated carbocycles. The van der Waals surface area contributed by atoms with E-state index in [-0.39, 0.29) is 0 Å². The van der Waals surface area contributed by atoms with E-state index in [9.17, 15) is 8.76 Å². The lowest BCUT2D eigenvalue weighted by molar-refractivity contribution is 0.442. The van der Waals surface area contributed by atoms with Crippen LogP contribution in [0.1, 0.15) is 115 Å². The molecule has 0 aliphatic heterocycles. The van der Waals surface area contributed by atoms with Gasteiger partial charge in [-0.2, -0.15) is 0 Å². The molecule has 2 aromatic carbocycles. The van der Waals surface area contributed by atoms with E-state index in [4.69, 9.17) is 4.18 Å². The van der Waals surface area contributed by atoms with E-state index in [2.05, 4.69) is 32.0 Å². The highest BCUT2D eigenvalue weighted by molar-refractivity contribution is 7.74. The molecule has 0 saturated heterocycles. The fraction of sp³-hybridized carbons (Fsp3) is 0.643. The van der Waals surface area contributed by atoms with Crippen LogP contribution in [0.2, 0.25) is 0 Å². The van der Waals surface area contributed by atoms with Crippen LogP contribution in [0.15, 0.2) is 30.3 Å². The van der Waals surface area contributed by atoms with Gasteiger partial charge in [0.1, 0.15) is 17.1 Å². The van der Waals surface area contributed by atoms with Crippen molar-refractivity contribution in [3.05, 3.63) is 41.5 Å². The number of rotatable bonds is 18. The summed E-state index contributed by atoms with van der Waals surface area (Å²) >= 11 is -2.56. The Morgan fingerprint density at radius 3 is 1.75 bits per heavy atom. The Bertz CT molecular complexity index is 803. The van der Waals surface area contributed by atoms with Crippen LogP contribution in [0.25, 0.3) is 10.8 Å². The second-order valence-corrected chi connectivity index (χ2v) is 9.70. The molecular weight excluding hydrogens is 416 g/mol. The second-order valence-electron chi connectivity index (χ2n) is 9.13. The number of hydrogen-bond acceptors (Lipinski definition) is 3. The third kappa shape index (κ3) is 10.0. The molecule has 2 rings (SSSR count). The van der Waals surface area contributed by atoms with Crippen LogP contribution in [-0.4, -0.2) is 8.76 Å². The molecule has 1 atom stereocenters. The topological polar surface area (TPSA) is 49.4 Å². The third-order valence-corrected chi connectivity index (χ3v) is 6.73. The summed E-state index contributed by atoms with van der Waals surface area (Å²) in [5.74, 6) is 0.430. The van der Waals surface area contributed by atoms with Gasteiger partial charge in [-0.1, -0.05) is 109 Å². The first kappa shape index (κ1) is 26.9. The maximum Gasteiger partial charge on any atom is 0.147 e. The number of fused-ring (bicyclic) bond motifs is 1. The molecule has 2 aromatic rings. The molecule has 1 unspecified atom stereocenters. The van der Waals surface area contributed by atoms with Gasteiger partial charge in [-0.15, -0.1) is 0 Å². The van der Waals surface area contributed by atoms with Crippen LogP contribution in [0.5, 0.6) is 5.75 Å². The molecule has 3 nitrogen and oxygen atoms in total. The van der Waals surface area contributed by atoms with Gasteiger partial charge < -0.3 is 8.74 Å². The van der Waals surface area contributed by atoms with Crippen molar-refractivity contribution in [2.24, 2.45) is 0 Å². The molecular formula is C28H43O3S-. The van der Waals surface area contributed by atoms with Crippen molar-refractivity contribution in [1.29, 1.82) is 0 Å². The normalized spacial score (nSPS) is 12.3. The average molecular weight is 460 g/mol. The molecule has 32 heavy (non-hydrogen) atoms. The Balaban J connectivity index is 2.03. The zero-order chi connectivity index (χ0) is 23.0. The van der Waals surface area contributed by atoms with Crippen LogP contribution >= 0.6 is 0 Å². The summed E-state index contributed by atoms with van der Waals surface area (Å²) in [6.45, 7) is 4.52. The molecule has 0 amide bonds. The van der Waals surface area contributed by atoms with E-state index in [0.717, 1.165) is 23.6 Å². The van der Waals surface area contributed by atoms with Crippen molar-refractivity contribution in [3.63, 3.8) is 0 Å². The Hall–Kier alpha value is -1.39. The lowest BCUT2D eigenvalue weighted by atomic mass is 9.93. The standard InChI is InChI=1S/C28H44O3S/c1-3-5-7-9-11-13-15-18-24-22-26-20-17-21-28(31-32(29)30)27(26)23-25(24)19-16-14-12-10-8-6-4-2/h17,20-23H,3-16,18-19H2,1-2H3,(H,29,30)/p-1. The third-order valence-electron chi connectivity index (χ3n) is 6.42. The Kier molecular flexibility index (Phi) is 13.6. The highest BCUT2D eigenvalue weighted by Crippen LogP contribution is 2.31. The van der Waals surface area contributed by atoms with Crippen molar-refractivity contribution < 1.29 is 12.9 Å². The SMILES string of the molecule is CCCCCCCCCc1cc2cccc(OS(=O)[O-])c2cc1CCCCCCCCC. The van der Waals surface area contributed by atoms with E-state index < -0.39 is 11.4 Å². The fourth-order valence-electron chi connectivity index (χ4n) is 4.55. The maximum absolute atomic E-state index is 11.1.